The molecule has 0 aromatic carbocycles. The number of carboxylic acids is 1. The molecular formula is C11H20N2O3. The summed E-state index contributed by atoms with van der Waals surface area (Å²) in [6.45, 7) is 9.43. The van der Waals surface area contributed by atoms with Gasteiger partial charge in [0.25, 0.3) is 0 Å². The van der Waals surface area contributed by atoms with Gasteiger partial charge in [-0.25, -0.2) is 9.59 Å². The highest BCUT2D eigenvalue weighted by Gasteiger charge is 2.24. The first-order valence-electron chi connectivity index (χ1n) is 5.30. The lowest BCUT2D eigenvalue weighted by atomic mass is 9.99. The van der Waals surface area contributed by atoms with Gasteiger partial charge in [-0.2, -0.15) is 0 Å². The molecule has 0 radical (unpaired) electrons. The van der Waals surface area contributed by atoms with Gasteiger partial charge in [0.2, 0.25) is 0 Å². The molecule has 92 valence electrons. The third-order valence-electron chi connectivity index (χ3n) is 2.32. The minimum Gasteiger partial charge on any atom is -0.480 e. The van der Waals surface area contributed by atoms with Gasteiger partial charge in [-0.05, 0) is 12.8 Å². The predicted octanol–water partition coefficient (Wildman–Crippen LogP) is 1.36. The molecule has 0 saturated heterocycles. The van der Waals surface area contributed by atoms with Crippen LogP contribution in [0.5, 0.6) is 0 Å². The summed E-state index contributed by atoms with van der Waals surface area (Å²) in [5.41, 5.74) is 0.811. The number of carbonyl (C=O) groups excluding carboxylic acids is 1. The van der Waals surface area contributed by atoms with Gasteiger partial charge in [0.1, 0.15) is 6.04 Å². The van der Waals surface area contributed by atoms with E-state index in [0.717, 1.165) is 5.57 Å². The number of aliphatic carboxylic acids is 1. The molecule has 5 nitrogen and oxygen atoms in total. The standard InChI is InChI=1S/C11H20N2O3/c1-5-8(4)9(10(14)15)13-11(16)12-6-7(2)3/h8-9H,2,5-6H2,1,3-4H3,(H,14,15)(H2,12,13,16). The average molecular weight is 228 g/mol. The lowest BCUT2D eigenvalue weighted by Crippen LogP contribution is -2.49. The van der Waals surface area contributed by atoms with Gasteiger partial charge in [-0.15, -0.1) is 0 Å². The van der Waals surface area contributed by atoms with E-state index in [1.54, 1.807) is 13.8 Å². The number of hydrogen-bond donors (Lipinski definition) is 3. The van der Waals surface area contributed by atoms with Crippen molar-refractivity contribution < 1.29 is 14.7 Å². The summed E-state index contributed by atoms with van der Waals surface area (Å²) < 4.78 is 0. The maximum Gasteiger partial charge on any atom is 0.326 e. The molecule has 0 bridgehead atoms. The van der Waals surface area contributed by atoms with Gasteiger partial charge < -0.3 is 15.7 Å². The van der Waals surface area contributed by atoms with Crippen molar-refractivity contribution in [2.24, 2.45) is 5.92 Å². The van der Waals surface area contributed by atoms with Gasteiger partial charge in [0.15, 0.2) is 0 Å². The average Bonchev–Trinajstić information content (AvgIpc) is 2.21. The monoisotopic (exact) mass is 228 g/mol. The molecule has 0 aromatic heterocycles. The van der Waals surface area contributed by atoms with E-state index in [1.165, 1.54) is 0 Å². The molecule has 2 amide bonds. The summed E-state index contributed by atoms with van der Waals surface area (Å²) >= 11 is 0. The van der Waals surface area contributed by atoms with Crippen LogP contribution in [0.2, 0.25) is 0 Å². The Labute approximate surface area is 95.9 Å². The lowest BCUT2D eigenvalue weighted by Gasteiger charge is -2.20. The van der Waals surface area contributed by atoms with E-state index in [1.807, 2.05) is 6.92 Å². The molecule has 0 fully saturated rings. The first-order valence-corrected chi connectivity index (χ1v) is 5.30. The number of rotatable bonds is 6. The van der Waals surface area contributed by atoms with Crippen molar-refractivity contribution in [3.8, 4) is 0 Å². The molecule has 0 aliphatic heterocycles. The van der Waals surface area contributed by atoms with Crippen LogP contribution < -0.4 is 10.6 Å². The zero-order valence-corrected chi connectivity index (χ0v) is 10.0. The van der Waals surface area contributed by atoms with Gasteiger partial charge in [-0.1, -0.05) is 32.4 Å². The maximum absolute atomic E-state index is 11.4. The molecule has 0 aromatic rings. The van der Waals surface area contributed by atoms with Crippen LogP contribution in [-0.4, -0.2) is 29.7 Å². The van der Waals surface area contributed by atoms with E-state index in [4.69, 9.17) is 5.11 Å². The van der Waals surface area contributed by atoms with Crippen LogP contribution in [0.3, 0.4) is 0 Å². The molecule has 3 N–H and O–H groups in total. The Morgan fingerprint density at radius 2 is 2.00 bits per heavy atom. The van der Waals surface area contributed by atoms with Crippen LogP contribution in [0.15, 0.2) is 12.2 Å². The molecule has 0 rings (SSSR count). The number of nitrogens with one attached hydrogen (secondary N) is 2. The molecule has 2 atom stereocenters. The molecule has 2 unspecified atom stereocenters. The van der Waals surface area contributed by atoms with Crippen molar-refractivity contribution in [3.05, 3.63) is 12.2 Å². The number of carbonyl (C=O) groups is 2. The largest absolute Gasteiger partial charge is 0.480 e. The van der Waals surface area contributed by atoms with Crippen LogP contribution >= 0.6 is 0 Å². The SMILES string of the molecule is C=C(C)CNC(=O)NC(C(=O)O)C(C)CC. The van der Waals surface area contributed by atoms with Crippen LogP contribution in [0.4, 0.5) is 4.79 Å². The minimum absolute atomic E-state index is 0.104. The van der Waals surface area contributed by atoms with Crippen LogP contribution in [0.1, 0.15) is 27.2 Å². The first-order chi connectivity index (χ1) is 7.38. The molecule has 0 saturated carbocycles. The Morgan fingerprint density at radius 1 is 1.44 bits per heavy atom. The highest BCUT2D eigenvalue weighted by Crippen LogP contribution is 2.07. The summed E-state index contributed by atoms with van der Waals surface area (Å²) in [4.78, 5) is 22.3. The summed E-state index contributed by atoms with van der Waals surface area (Å²) in [5.74, 6) is -1.12. The topological polar surface area (TPSA) is 78.4 Å². The second-order valence-electron chi connectivity index (χ2n) is 3.99. The van der Waals surface area contributed by atoms with Crippen LogP contribution in [0.25, 0.3) is 0 Å². The Kier molecular flexibility index (Phi) is 6.22. The summed E-state index contributed by atoms with van der Waals surface area (Å²) in [5, 5.41) is 13.9. The molecular weight excluding hydrogens is 208 g/mol. The second kappa shape index (κ2) is 6.87. The molecule has 0 aliphatic rings. The van der Waals surface area contributed by atoms with E-state index in [0.29, 0.717) is 13.0 Å². The van der Waals surface area contributed by atoms with E-state index in [2.05, 4.69) is 17.2 Å². The fourth-order valence-corrected chi connectivity index (χ4v) is 1.11. The second-order valence-corrected chi connectivity index (χ2v) is 3.99. The Hall–Kier alpha value is -1.52. The summed E-state index contributed by atoms with van der Waals surface area (Å²) in [6.07, 6.45) is 0.692. The first kappa shape index (κ1) is 14.5. The highest BCUT2D eigenvalue weighted by molar-refractivity contribution is 5.82. The molecule has 5 heteroatoms. The Bertz CT molecular complexity index is 276. The Balaban J connectivity index is 4.24. The Morgan fingerprint density at radius 3 is 2.38 bits per heavy atom. The maximum atomic E-state index is 11.4. The number of hydrogen-bond acceptors (Lipinski definition) is 2. The number of amides is 2. The molecule has 0 heterocycles. The van der Waals surface area contributed by atoms with Gasteiger partial charge in [0.05, 0.1) is 0 Å². The number of carboxylic acid groups (broad SMARTS) is 1. The molecule has 16 heavy (non-hydrogen) atoms. The van der Waals surface area contributed by atoms with Crippen molar-refractivity contribution in [2.45, 2.75) is 33.2 Å². The highest BCUT2D eigenvalue weighted by atomic mass is 16.4. The zero-order chi connectivity index (χ0) is 12.7. The van der Waals surface area contributed by atoms with Crippen molar-refractivity contribution in [1.82, 2.24) is 10.6 Å². The van der Waals surface area contributed by atoms with Crippen molar-refractivity contribution >= 4 is 12.0 Å². The fraction of sp³-hybridized carbons (Fsp3) is 0.636. The quantitative estimate of drug-likeness (QED) is 0.601. The lowest BCUT2D eigenvalue weighted by molar-refractivity contribution is -0.140. The van der Waals surface area contributed by atoms with Gasteiger partial charge in [0, 0.05) is 6.54 Å². The third kappa shape index (κ3) is 5.38. The van der Waals surface area contributed by atoms with Crippen molar-refractivity contribution in [1.29, 1.82) is 0 Å². The molecule has 0 aliphatic carbocycles. The number of urea groups is 1. The van der Waals surface area contributed by atoms with E-state index < -0.39 is 18.0 Å². The predicted molar refractivity (Wildman–Crippen MR) is 62.2 cm³/mol. The van der Waals surface area contributed by atoms with E-state index >= 15 is 0 Å². The molecule has 0 spiro atoms. The van der Waals surface area contributed by atoms with Gasteiger partial charge in [-0.3, -0.25) is 0 Å². The van der Waals surface area contributed by atoms with E-state index in [-0.39, 0.29) is 5.92 Å². The minimum atomic E-state index is -1.01. The fourth-order valence-electron chi connectivity index (χ4n) is 1.11. The van der Waals surface area contributed by atoms with E-state index in [9.17, 15) is 9.59 Å². The smallest absolute Gasteiger partial charge is 0.326 e. The normalized spacial score (nSPS) is 13.7. The van der Waals surface area contributed by atoms with Gasteiger partial charge >= 0.3 is 12.0 Å². The van der Waals surface area contributed by atoms with Crippen LogP contribution in [-0.2, 0) is 4.79 Å². The van der Waals surface area contributed by atoms with Crippen LogP contribution in [0, 0.1) is 5.92 Å². The zero-order valence-electron chi connectivity index (χ0n) is 10.0. The van der Waals surface area contributed by atoms with Crippen molar-refractivity contribution in [3.63, 3.8) is 0 Å². The summed E-state index contributed by atoms with van der Waals surface area (Å²) in [6, 6.07) is -1.33. The third-order valence-corrected chi connectivity index (χ3v) is 2.32. The summed E-state index contributed by atoms with van der Waals surface area (Å²) in [7, 11) is 0. The van der Waals surface area contributed by atoms with Crippen molar-refractivity contribution in [2.75, 3.05) is 6.54 Å².